The topological polar surface area (TPSA) is 456 Å². The normalized spacial score (nSPS) is 16.4. The Bertz CT molecular complexity index is 4780. The van der Waals surface area contributed by atoms with E-state index in [4.69, 9.17) is 10.8 Å². The van der Waals surface area contributed by atoms with Gasteiger partial charge in [-0.3, -0.25) is 72.7 Å². The molecule has 8 aromatic heterocycles. The third-order valence-electron chi connectivity index (χ3n) is 18.4. The number of Topliss-reactive ketones (excluding diaryl/α,β-unsaturated/α-hetero) is 4. The molecule has 10 N–H and O–H groups in total. The molecule has 0 aliphatic heterocycles. The summed E-state index contributed by atoms with van der Waals surface area (Å²) in [7, 11) is 7.40. The van der Waals surface area contributed by atoms with Gasteiger partial charge in [-0.2, -0.15) is 20.4 Å². The summed E-state index contributed by atoms with van der Waals surface area (Å²) >= 11 is 0. The molecular weight excluding hydrogens is 1390 g/mol. The minimum Gasteiger partial charge on any atom is -0.475 e. The molecule has 3 amide bonds. The van der Waals surface area contributed by atoms with E-state index in [-0.39, 0.29) is 71.7 Å². The first-order valence-corrected chi connectivity index (χ1v) is 35.6. The van der Waals surface area contributed by atoms with Crippen LogP contribution in [0.4, 0.5) is 0 Å². The van der Waals surface area contributed by atoms with Gasteiger partial charge in [0.25, 0.3) is 23.5 Å². The van der Waals surface area contributed by atoms with Crippen molar-refractivity contribution in [1.29, 1.82) is 0 Å². The SMILES string of the molecule is Cn1cc2c(n1)CCC(N)C(=O)C2.Cn1cc2c(n1)CCC(NC(=O)c1n[nH]c(Cc3ccccc3)n1)C(=O)C2.Cn1cc2c(n1)CC[C@@H](NC(=O)c1n[nH]c(Cc3ccccc3)n1)C(=O)C2.Cn1cc2c(n1)CC[C@H](NC(=O)c1n[nH]c(Cc3ccccc3)n1)C(=O)C2.O=C(O)c1n[nH]c(Cc2ccccc2)n1. The van der Waals surface area contributed by atoms with E-state index in [2.05, 4.69) is 97.1 Å². The number of carboxylic acid groups (broad SMARTS) is 1. The van der Waals surface area contributed by atoms with Crippen molar-refractivity contribution in [2.24, 2.45) is 33.9 Å². The average molecular weight is 1480 g/mol. The lowest BCUT2D eigenvalue weighted by Crippen LogP contribution is -2.41. The number of ketones is 4. The molecule has 0 saturated carbocycles. The second-order valence-electron chi connectivity index (χ2n) is 26.9. The van der Waals surface area contributed by atoms with Gasteiger partial charge >= 0.3 is 5.97 Å². The second-order valence-corrected chi connectivity index (χ2v) is 26.9. The van der Waals surface area contributed by atoms with E-state index in [1.54, 1.807) is 18.7 Å². The van der Waals surface area contributed by atoms with Crippen LogP contribution in [0.25, 0.3) is 0 Å². The Morgan fingerprint density at radius 3 is 0.899 bits per heavy atom. The Morgan fingerprint density at radius 2 is 0.633 bits per heavy atom. The Labute approximate surface area is 624 Å². The lowest BCUT2D eigenvalue weighted by Gasteiger charge is -2.13. The fourth-order valence-electron chi connectivity index (χ4n) is 13.0. The minimum atomic E-state index is -1.12. The molecule has 33 nitrogen and oxygen atoms in total. The number of nitrogens with one attached hydrogen (secondary N) is 7. The summed E-state index contributed by atoms with van der Waals surface area (Å²) in [6, 6.07) is 37.2. The molecular formula is C76H82N24O9. The van der Waals surface area contributed by atoms with Crippen LogP contribution in [0, 0.1) is 0 Å². The number of carbonyl (C=O) groups excluding carboxylic acids is 7. The third kappa shape index (κ3) is 20.7. The Hall–Kier alpha value is -13.2. The molecule has 0 bridgehead atoms. The first-order chi connectivity index (χ1) is 52.7. The molecule has 2 unspecified atom stereocenters. The van der Waals surface area contributed by atoms with Crippen LogP contribution in [0.5, 0.6) is 0 Å². The van der Waals surface area contributed by atoms with E-state index >= 15 is 0 Å². The van der Waals surface area contributed by atoms with Crippen LogP contribution in [0.15, 0.2) is 146 Å². The highest BCUT2D eigenvalue weighted by atomic mass is 16.4. The Balaban J connectivity index is 0.000000130. The predicted octanol–water partition coefficient (Wildman–Crippen LogP) is 3.86. The van der Waals surface area contributed by atoms with Crippen LogP contribution in [-0.2, 0) is 124 Å². The average Bonchev–Trinajstić information content (AvgIpc) is 1.69. The quantitative estimate of drug-likeness (QED) is 0.0658. The lowest BCUT2D eigenvalue weighted by molar-refractivity contribution is -0.121. The maximum absolute atomic E-state index is 12.5. The molecule has 4 aliphatic carbocycles. The Morgan fingerprint density at radius 1 is 0.385 bits per heavy atom. The van der Waals surface area contributed by atoms with Gasteiger partial charge in [0, 0.05) is 127 Å². The summed E-state index contributed by atoms with van der Waals surface area (Å²) in [6.45, 7) is 0. The number of rotatable bonds is 15. The number of aromatic carboxylic acids is 1. The van der Waals surface area contributed by atoms with E-state index in [1.807, 2.05) is 174 Å². The number of nitrogens with two attached hydrogens (primary N) is 1. The van der Waals surface area contributed by atoms with E-state index < -0.39 is 41.8 Å². The number of benzene rings is 4. The Kier molecular flexibility index (Phi) is 24.4. The van der Waals surface area contributed by atoms with Crippen molar-refractivity contribution < 1.29 is 43.5 Å². The number of aryl methyl sites for hydroxylation is 8. The fraction of sp³-hybridized carbons (Fsp3) is 0.316. The first-order valence-electron chi connectivity index (χ1n) is 35.6. The van der Waals surface area contributed by atoms with Gasteiger partial charge in [0.1, 0.15) is 23.3 Å². The number of nitrogens with zero attached hydrogens (tertiary/aromatic N) is 16. The van der Waals surface area contributed by atoms with E-state index in [9.17, 15) is 38.4 Å². The molecule has 0 radical (unpaired) electrons. The smallest absolute Gasteiger partial charge is 0.375 e. The predicted molar refractivity (Wildman–Crippen MR) is 392 cm³/mol. The number of carboxylic acids is 1. The molecule has 33 heteroatoms. The van der Waals surface area contributed by atoms with Crippen molar-refractivity contribution in [1.82, 2.24) is 116 Å². The number of fused-ring (bicyclic) bond motifs is 4. The van der Waals surface area contributed by atoms with Gasteiger partial charge in [-0.25, -0.2) is 24.7 Å². The number of H-pyrrole nitrogens is 4. The summed E-state index contributed by atoms with van der Waals surface area (Å²) in [4.78, 5) is 113. The van der Waals surface area contributed by atoms with Gasteiger partial charge in [-0.1, -0.05) is 121 Å². The summed E-state index contributed by atoms with van der Waals surface area (Å²) in [5.41, 5.74) is 17.6. The third-order valence-corrected chi connectivity index (χ3v) is 18.4. The summed E-state index contributed by atoms with van der Waals surface area (Å²) in [6.07, 6.45) is 16.1. The zero-order chi connectivity index (χ0) is 76.5. The highest BCUT2D eigenvalue weighted by molar-refractivity contribution is 5.98. The maximum atomic E-state index is 12.5. The molecule has 4 aliphatic rings. The molecule has 560 valence electrons. The van der Waals surface area contributed by atoms with E-state index in [1.165, 1.54) is 0 Å². The van der Waals surface area contributed by atoms with Crippen LogP contribution in [0.2, 0.25) is 0 Å². The van der Waals surface area contributed by atoms with Crippen molar-refractivity contribution in [3.8, 4) is 0 Å². The number of hydrogen-bond donors (Lipinski definition) is 9. The monoisotopic (exact) mass is 1470 g/mol. The van der Waals surface area contributed by atoms with Gasteiger partial charge in [-0.05, 0) is 73.6 Å². The molecule has 0 fully saturated rings. The van der Waals surface area contributed by atoms with Crippen molar-refractivity contribution >= 4 is 46.8 Å². The van der Waals surface area contributed by atoms with Gasteiger partial charge in [0.05, 0.1) is 46.9 Å². The van der Waals surface area contributed by atoms with Crippen molar-refractivity contribution in [2.45, 2.75) is 127 Å². The summed E-state index contributed by atoms with van der Waals surface area (Å²) in [5.74, 6) is -0.0328. The largest absolute Gasteiger partial charge is 0.475 e. The number of hydrogen-bond acceptors (Lipinski definition) is 21. The molecule has 0 spiro atoms. The molecule has 4 atom stereocenters. The molecule has 109 heavy (non-hydrogen) atoms. The molecule has 12 aromatic rings. The van der Waals surface area contributed by atoms with Gasteiger partial charge in [0.15, 0.2) is 23.1 Å². The van der Waals surface area contributed by atoms with Crippen LogP contribution in [-0.4, -0.2) is 176 Å². The van der Waals surface area contributed by atoms with Gasteiger partial charge < -0.3 is 26.8 Å². The van der Waals surface area contributed by atoms with Crippen molar-refractivity contribution in [3.63, 3.8) is 0 Å². The number of amides is 3. The highest BCUT2D eigenvalue weighted by Gasteiger charge is 2.32. The van der Waals surface area contributed by atoms with Crippen molar-refractivity contribution in [2.75, 3.05) is 0 Å². The van der Waals surface area contributed by atoms with Crippen LogP contribution in [0.1, 0.15) is 159 Å². The zero-order valence-electron chi connectivity index (χ0n) is 60.4. The van der Waals surface area contributed by atoms with E-state index in [0.29, 0.717) is 93.9 Å². The van der Waals surface area contributed by atoms with Crippen LogP contribution >= 0.6 is 0 Å². The number of aromatic nitrogens is 20. The highest BCUT2D eigenvalue weighted by Crippen LogP contribution is 2.22. The van der Waals surface area contributed by atoms with E-state index in [0.717, 1.165) is 80.1 Å². The second kappa shape index (κ2) is 35.3. The zero-order valence-corrected chi connectivity index (χ0v) is 60.4. The lowest BCUT2D eigenvalue weighted by atomic mass is 10.1. The fourth-order valence-corrected chi connectivity index (χ4v) is 13.0. The summed E-state index contributed by atoms with van der Waals surface area (Å²) in [5, 5.41) is 60.9. The molecule has 4 aromatic carbocycles. The number of carbonyl (C=O) groups is 8. The number of aromatic amines is 4. The van der Waals surface area contributed by atoms with Crippen LogP contribution in [0.3, 0.4) is 0 Å². The minimum absolute atomic E-state index is 0.0184. The first kappa shape index (κ1) is 75.5. The van der Waals surface area contributed by atoms with Crippen molar-refractivity contribution in [3.05, 3.63) is 260 Å². The summed E-state index contributed by atoms with van der Waals surface area (Å²) < 4.78 is 6.92. The maximum Gasteiger partial charge on any atom is 0.375 e. The molecule has 16 rings (SSSR count). The van der Waals surface area contributed by atoms with Gasteiger partial charge in [0.2, 0.25) is 17.5 Å². The van der Waals surface area contributed by atoms with Crippen LogP contribution < -0.4 is 21.7 Å². The molecule has 8 heterocycles. The molecule has 0 saturated heterocycles. The van der Waals surface area contributed by atoms with Gasteiger partial charge in [-0.15, -0.1) is 20.4 Å². The standard InChI is InChI=1S/3C19H20N6O2.C10H9N3O2.C9H13N3O/c3*1-25-11-13-10-16(26)15(8-7-14(13)24-25)20-19(27)18-21-17(22-23-18)9-12-5-3-2-4-6-12;14-10(15)9-11-8(12-13-9)6-7-4-2-1-3-5-7;1-12-5-6-4-9(13)7(10)2-3-8(6)11-12/h3*2-6,11,15H,7-10H2,1H3,(H,20,27)(H,21,22,23);1-5H,6H2,(H,14,15)(H,11,12,13);5,7H,2-4,10H2,1H3/t2*15-;;;/m10.../s1.